The maximum Gasteiger partial charge on any atom is 0.153 e. The van der Waals surface area contributed by atoms with Crippen LogP contribution < -0.4 is 10.5 Å². The van der Waals surface area contributed by atoms with Gasteiger partial charge in [-0.2, -0.15) is 0 Å². The van der Waals surface area contributed by atoms with Crippen molar-refractivity contribution in [2.45, 2.75) is 33.4 Å². The first-order chi connectivity index (χ1) is 8.97. The Morgan fingerprint density at radius 1 is 1.47 bits per heavy atom. The molecular weight excluding hydrogens is 242 g/mol. The summed E-state index contributed by atoms with van der Waals surface area (Å²) in [6.45, 7) is 7.32. The van der Waals surface area contributed by atoms with Crippen molar-refractivity contribution in [3.05, 3.63) is 29.3 Å². The number of hydrogen-bond donors (Lipinski definition) is 2. The van der Waals surface area contributed by atoms with Crippen molar-refractivity contribution in [2.24, 2.45) is 10.9 Å². The van der Waals surface area contributed by atoms with Crippen molar-refractivity contribution in [3.63, 3.8) is 0 Å². The van der Waals surface area contributed by atoms with E-state index in [0.29, 0.717) is 13.1 Å². The summed E-state index contributed by atoms with van der Waals surface area (Å²) in [5.41, 5.74) is 7.88. The Balaban J connectivity index is 2.93. The van der Waals surface area contributed by atoms with E-state index in [1.807, 2.05) is 19.1 Å². The predicted octanol–water partition coefficient (Wildman–Crippen LogP) is 1.96. The third-order valence-corrected chi connectivity index (χ3v) is 3.03. The van der Waals surface area contributed by atoms with E-state index in [2.05, 4.69) is 30.0 Å². The van der Waals surface area contributed by atoms with Gasteiger partial charge in [-0.1, -0.05) is 22.9 Å². The van der Waals surface area contributed by atoms with Crippen LogP contribution in [-0.2, 0) is 6.54 Å². The number of methoxy groups -OCH3 is 1. The normalized spacial score (nSPS) is 12.2. The highest BCUT2D eigenvalue weighted by atomic mass is 16.5. The summed E-state index contributed by atoms with van der Waals surface area (Å²) in [5.74, 6) is 1.07. The Kier molecular flexibility index (Phi) is 5.63. The molecule has 5 nitrogen and oxygen atoms in total. The lowest BCUT2D eigenvalue weighted by atomic mass is 10.1. The molecule has 19 heavy (non-hydrogen) atoms. The number of aryl methyl sites for hydroxylation is 1. The second kappa shape index (κ2) is 6.99. The second-order valence-corrected chi connectivity index (χ2v) is 4.91. The molecule has 0 radical (unpaired) electrons. The van der Waals surface area contributed by atoms with Crippen LogP contribution >= 0.6 is 0 Å². The van der Waals surface area contributed by atoms with Crippen molar-refractivity contribution in [1.29, 1.82) is 0 Å². The minimum absolute atomic E-state index is 0.209. The van der Waals surface area contributed by atoms with Crippen LogP contribution in [0.15, 0.2) is 23.4 Å². The quantitative estimate of drug-likeness (QED) is 0.357. The van der Waals surface area contributed by atoms with Gasteiger partial charge < -0.3 is 15.7 Å². The molecule has 0 spiro atoms. The Morgan fingerprint density at radius 3 is 2.68 bits per heavy atom. The molecule has 1 rings (SSSR count). The lowest BCUT2D eigenvalue weighted by Gasteiger charge is -2.26. The molecule has 5 heteroatoms. The second-order valence-electron chi connectivity index (χ2n) is 4.91. The number of amidine groups is 1. The molecule has 0 unspecified atom stereocenters. The third-order valence-electron chi connectivity index (χ3n) is 3.03. The molecule has 3 N–H and O–H groups in total. The first kappa shape index (κ1) is 15.3. The topological polar surface area (TPSA) is 71.1 Å². The average molecular weight is 265 g/mol. The van der Waals surface area contributed by atoms with Crippen molar-refractivity contribution >= 4 is 5.84 Å². The smallest absolute Gasteiger partial charge is 0.153 e. The summed E-state index contributed by atoms with van der Waals surface area (Å²) in [5, 5.41) is 11.7. The highest BCUT2D eigenvalue weighted by Crippen LogP contribution is 2.22. The van der Waals surface area contributed by atoms with Gasteiger partial charge in [0.25, 0.3) is 0 Å². The number of hydrogen-bond acceptors (Lipinski definition) is 4. The van der Waals surface area contributed by atoms with Gasteiger partial charge in [0.05, 0.1) is 13.7 Å². The molecule has 0 atom stereocenters. The van der Waals surface area contributed by atoms with Crippen LogP contribution in [0.3, 0.4) is 0 Å². The fraction of sp³-hybridized carbons (Fsp3) is 0.500. The lowest BCUT2D eigenvalue weighted by Crippen LogP contribution is -2.38. The summed E-state index contributed by atoms with van der Waals surface area (Å²) in [7, 11) is 1.66. The minimum atomic E-state index is 0.209. The lowest BCUT2D eigenvalue weighted by molar-refractivity contribution is 0.235. The van der Waals surface area contributed by atoms with E-state index in [0.717, 1.165) is 11.3 Å². The van der Waals surface area contributed by atoms with Crippen LogP contribution in [0, 0.1) is 6.92 Å². The highest BCUT2D eigenvalue weighted by Gasteiger charge is 2.14. The summed E-state index contributed by atoms with van der Waals surface area (Å²) < 4.78 is 5.37. The summed E-state index contributed by atoms with van der Waals surface area (Å²) in [6, 6.07) is 6.36. The molecule has 0 amide bonds. The number of rotatable bonds is 6. The Bertz CT molecular complexity index is 444. The number of oxime groups is 1. The molecule has 0 fully saturated rings. The van der Waals surface area contributed by atoms with Gasteiger partial charge in [-0.15, -0.1) is 0 Å². The van der Waals surface area contributed by atoms with Gasteiger partial charge in [0.15, 0.2) is 5.84 Å². The van der Waals surface area contributed by atoms with Gasteiger partial charge in [-0.3, -0.25) is 4.90 Å². The fourth-order valence-electron chi connectivity index (χ4n) is 1.91. The zero-order valence-electron chi connectivity index (χ0n) is 12.1. The monoisotopic (exact) mass is 265 g/mol. The van der Waals surface area contributed by atoms with Gasteiger partial charge in [0, 0.05) is 18.2 Å². The molecular formula is C14H23N3O2. The molecule has 0 aliphatic carbocycles. The minimum Gasteiger partial charge on any atom is -0.496 e. The molecule has 0 aromatic heterocycles. The first-order valence-electron chi connectivity index (χ1n) is 6.32. The molecule has 0 bridgehead atoms. The Labute approximate surface area is 114 Å². The largest absolute Gasteiger partial charge is 0.496 e. The maximum absolute atomic E-state index is 8.69. The molecule has 106 valence electrons. The van der Waals surface area contributed by atoms with Crippen LogP contribution in [0.5, 0.6) is 5.75 Å². The van der Waals surface area contributed by atoms with Gasteiger partial charge in [0.2, 0.25) is 0 Å². The molecule has 0 heterocycles. The molecule has 0 saturated heterocycles. The van der Waals surface area contributed by atoms with Crippen molar-refractivity contribution in [1.82, 2.24) is 4.90 Å². The van der Waals surface area contributed by atoms with Crippen molar-refractivity contribution < 1.29 is 9.94 Å². The van der Waals surface area contributed by atoms with Crippen LogP contribution in [0.4, 0.5) is 0 Å². The first-order valence-corrected chi connectivity index (χ1v) is 6.32. The zero-order chi connectivity index (χ0) is 14.4. The number of nitrogens with zero attached hydrogens (tertiary/aromatic N) is 2. The van der Waals surface area contributed by atoms with E-state index in [9.17, 15) is 0 Å². The summed E-state index contributed by atoms with van der Waals surface area (Å²) >= 11 is 0. The van der Waals surface area contributed by atoms with E-state index in [1.54, 1.807) is 7.11 Å². The average Bonchev–Trinajstić information content (AvgIpc) is 2.37. The molecule has 1 aromatic carbocycles. The maximum atomic E-state index is 8.69. The van der Waals surface area contributed by atoms with E-state index < -0.39 is 0 Å². The molecule has 0 aliphatic rings. The predicted molar refractivity (Wildman–Crippen MR) is 76.7 cm³/mol. The van der Waals surface area contributed by atoms with Crippen LogP contribution in [0.2, 0.25) is 0 Å². The van der Waals surface area contributed by atoms with E-state index in [4.69, 9.17) is 15.7 Å². The standard InChI is InChI=1S/C14H23N3O2/c1-10(2)17(9-14(15)16-18)8-12-7-11(3)5-6-13(12)19-4/h5-7,10,18H,8-9H2,1-4H3,(H2,15,16). The van der Waals surface area contributed by atoms with Gasteiger partial charge in [0.1, 0.15) is 5.75 Å². The van der Waals surface area contributed by atoms with Gasteiger partial charge >= 0.3 is 0 Å². The number of nitrogens with two attached hydrogens (primary N) is 1. The van der Waals surface area contributed by atoms with Crippen molar-refractivity contribution in [3.8, 4) is 5.75 Å². The Hall–Kier alpha value is -1.75. The molecule has 0 aliphatic heterocycles. The van der Waals surface area contributed by atoms with Gasteiger partial charge in [-0.05, 0) is 26.8 Å². The molecule has 1 aromatic rings. The SMILES string of the molecule is COc1ccc(C)cc1CN(CC(N)=NO)C(C)C. The van der Waals surface area contributed by atoms with Crippen LogP contribution in [-0.4, -0.2) is 35.6 Å². The van der Waals surface area contributed by atoms with E-state index >= 15 is 0 Å². The van der Waals surface area contributed by atoms with Crippen molar-refractivity contribution in [2.75, 3.05) is 13.7 Å². The van der Waals surface area contributed by atoms with E-state index in [-0.39, 0.29) is 11.9 Å². The zero-order valence-corrected chi connectivity index (χ0v) is 12.1. The van der Waals surface area contributed by atoms with Gasteiger partial charge in [-0.25, -0.2) is 0 Å². The highest BCUT2D eigenvalue weighted by molar-refractivity contribution is 5.81. The van der Waals surface area contributed by atoms with Crippen LogP contribution in [0.25, 0.3) is 0 Å². The summed E-state index contributed by atoms with van der Waals surface area (Å²) in [4.78, 5) is 2.12. The fourth-order valence-corrected chi connectivity index (χ4v) is 1.91. The molecule has 0 saturated carbocycles. The van der Waals surface area contributed by atoms with Crippen LogP contribution in [0.1, 0.15) is 25.0 Å². The number of ether oxygens (including phenoxy) is 1. The Morgan fingerprint density at radius 2 is 2.16 bits per heavy atom. The summed E-state index contributed by atoms with van der Waals surface area (Å²) in [6.07, 6.45) is 0. The third kappa shape index (κ3) is 4.44. The number of benzene rings is 1. The van der Waals surface area contributed by atoms with E-state index in [1.165, 1.54) is 5.56 Å².